The van der Waals surface area contributed by atoms with Gasteiger partial charge in [-0.3, -0.25) is 4.79 Å². The number of methoxy groups -OCH3 is 1. The summed E-state index contributed by atoms with van der Waals surface area (Å²) in [6.45, 7) is 3.70. The van der Waals surface area contributed by atoms with Crippen LogP contribution in [0.1, 0.15) is 45.4 Å². The smallest absolute Gasteiger partial charge is 0.309 e. The van der Waals surface area contributed by atoms with Crippen molar-refractivity contribution in [3.8, 4) is 0 Å². The molecular formula is C13H25NO2. The van der Waals surface area contributed by atoms with E-state index in [1.807, 2.05) is 6.92 Å². The van der Waals surface area contributed by atoms with Crippen LogP contribution in [0.5, 0.6) is 0 Å². The summed E-state index contributed by atoms with van der Waals surface area (Å²) < 4.78 is 4.70. The molecule has 1 rings (SSSR count). The second-order valence-electron chi connectivity index (χ2n) is 4.94. The van der Waals surface area contributed by atoms with Gasteiger partial charge >= 0.3 is 5.97 Å². The average Bonchev–Trinajstić information content (AvgIpc) is 2.56. The van der Waals surface area contributed by atoms with E-state index in [0.717, 1.165) is 19.0 Å². The molecular weight excluding hydrogens is 202 g/mol. The summed E-state index contributed by atoms with van der Waals surface area (Å²) in [6, 6.07) is 0. The normalized spacial score (nSPS) is 20.1. The van der Waals surface area contributed by atoms with Crippen molar-refractivity contribution in [1.29, 1.82) is 0 Å². The fraction of sp³-hybridized carbons (Fsp3) is 0.923. The largest absolute Gasteiger partial charge is 0.469 e. The van der Waals surface area contributed by atoms with Gasteiger partial charge in [-0.25, -0.2) is 0 Å². The molecule has 1 saturated carbocycles. The van der Waals surface area contributed by atoms with Crippen LogP contribution in [0, 0.1) is 11.8 Å². The van der Waals surface area contributed by atoms with Crippen molar-refractivity contribution in [2.75, 3.05) is 20.2 Å². The van der Waals surface area contributed by atoms with Gasteiger partial charge in [-0.05, 0) is 25.3 Å². The van der Waals surface area contributed by atoms with Crippen LogP contribution in [0.2, 0.25) is 0 Å². The topological polar surface area (TPSA) is 38.3 Å². The minimum absolute atomic E-state index is 0.0317. The van der Waals surface area contributed by atoms with E-state index in [2.05, 4.69) is 5.32 Å². The van der Waals surface area contributed by atoms with Crippen LogP contribution in [0.4, 0.5) is 0 Å². The molecule has 0 aliphatic heterocycles. The van der Waals surface area contributed by atoms with Gasteiger partial charge < -0.3 is 10.1 Å². The van der Waals surface area contributed by atoms with E-state index >= 15 is 0 Å². The fourth-order valence-electron chi connectivity index (χ4n) is 2.36. The molecule has 0 radical (unpaired) electrons. The van der Waals surface area contributed by atoms with Gasteiger partial charge in [-0.1, -0.05) is 32.6 Å². The molecule has 0 heterocycles. The molecule has 0 amide bonds. The Bertz CT molecular complexity index is 198. The predicted octanol–water partition coefficient (Wildman–Crippen LogP) is 2.36. The maximum atomic E-state index is 11.2. The summed E-state index contributed by atoms with van der Waals surface area (Å²) in [7, 11) is 1.45. The number of rotatable bonds is 5. The zero-order chi connectivity index (χ0) is 11.8. The Hall–Kier alpha value is -0.570. The fourth-order valence-corrected chi connectivity index (χ4v) is 2.36. The van der Waals surface area contributed by atoms with Crippen molar-refractivity contribution in [3.05, 3.63) is 0 Å². The van der Waals surface area contributed by atoms with Gasteiger partial charge in [0.25, 0.3) is 0 Å². The molecule has 0 bridgehead atoms. The maximum absolute atomic E-state index is 11.2. The molecule has 0 aromatic rings. The first-order valence-electron chi connectivity index (χ1n) is 6.52. The van der Waals surface area contributed by atoms with E-state index in [0.29, 0.717) is 0 Å². The third-order valence-electron chi connectivity index (χ3n) is 3.46. The molecule has 0 aromatic carbocycles. The van der Waals surface area contributed by atoms with Crippen molar-refractivity contribution in [1.82, 2.24) is 5.32 Å². The van der Waals surface area contributed by atoms with E-state index in [1.54, 1.807) is 0 Å². The summed E-state index contributed by atoms with van der Waals surface area (Å²) in [6.07, 6.45) is 8.24. The quantitative estimate of drug-likeness (QED) is 0.579. The molecule has 3 heteroatoms. The first-order chi connectivity index (χ1) is 7.74. The first-order valence-corrected chi connectivity index (χ1v) is 6.52. The molecule has 1 fully saturated rings. The standard InChI is InChI=1S/C13H25NO2/c1-11(13(15)16-2)9-14-10-12-7-5-3-4-6-8-12/h11-12,14H,3-10H2,1-2H3/t11-/m0/s1. The van der Waals surface area contributed by atoms with E-state index in [1.165, 1.54) is 45.6 Å². The van der Waals surface area contributed by atoms with Gasteiger partial charge in [0.1, 0.15) is 0 Å². The third-order valence-corrected chi connectivity index (χ3v) is 3.46. The summed E-state index contributed by atoms with van der Waals surface area (Å²) in [5, 5.41) is 3.40. The highest BCUT2D eigenvalue weighted by Crippen LogP contribution is 2.22. The summed E-state index contributed by atoms with van der Waals surface area (Å²) in [5.41, 5.74) is 0. The highest BCUT2D eigenvalue weighted by atomic mass is 16.5. The summed E-state index contributed by atoms with van der Waals surface area (Å²) in [4.78, 5) is 11.2. The Balaban J connectivity index is 2.11. The van der Waals surface area contributed by atoms with Crippen LogP contribution in [0.25, 0.3) is 0 Å². The zero-order valence-corrected chi connectivity index (χ0v) is 10.6. The Labute approximate surface area is 98.9 Å². The first kappa shape index (κ1) is 13.5. The maximum Gasteiger partial charge on any atom is 0.309 e. The third kappa shape index (κ3) is 4.97. The number of carbonyl (C=O) groups is 1. The van der Waals surface area contributed by atoms with Gasteiger partial charge in [0.2, 0.25) is 0 Å². The minimum atomic E-state index is -0.117. The second-order valence-corrected chi connectivity index (χ2v) is 4.94. The highest BCUT2D eigenvalue weighted by molar-refractivity contribution is 5.71. The van der Waals surface area contributed by atoms with E-state index < -0.39 is 0 Å². The van der Waals surface area contributed by atoms with Crippen LogP contribution < -0.4 is 5.32 Å². The zero-order valence-electron chi connectivity index (χ0n) is 10.6. The number of hydrogen-bond donors (Lipinski definition) is 1. The van der Waals surface area contributed by atoms with Gasteiger partial charge in [0.05, 0.1) is 13.0 Å². The molecule has 0 saturated heterocycles. The Morgan fingerprint density at radius 3 is 2.50 bits per heavy atom. The number of hydrogen-bond acceptors (Lipinski definition) is 3. The summed E-state index contributed by atoms with van der Waals surface area (Å²) in [5.74, 6) is 0.663. The number of esters is 1. The van der Waals surface area contributed by atoms with Gasteiger partial charge in [0.15, 0.2) is 0 Å². The van der Waals surface area contributed by atoms with Gasteiger partial charge in [0, 0.05) is 6.54 Å². The Morgan fingerprint density at radius 2 is 1.94 bits per heavy atom. The Kier molecular flexibility index (Phi) is 6.46. The number of carbonyl (C=O) groups excluding carboxylic acids is 1. The minimum Gasteiger partial charge on any atom is -0.469 e. The molecule has 1 atom stereocenters. The molecule has 0 unspecified atom stereocenters. The molecule has 1 aliphatic rings. The van der Waals surface area contributed by atoms with Crippen LogP contribution in [0.3, 0.4) is 0 Å². The molecule has 1 aliphatic carbocycles. The monoisotopic (exact) mass is 227 g/mol. The second kappa shape index (κ2) is 7.66. The van der Waals surface area contributed by atoms with Crippen molar-refractivity contribution < 1.29 is 9.53 Å². The van der Waals surface area contributed by atoms with Crippen LogP contribution >= 0.6 is 0 Å². The van der Waals surface area contributed by atoms with Crippen molar-refractivity contribution >= 4 is 5.97 Å². The highest BCUT2D eigenvalue weighted by Gasteiger charge is 2.15. The number of ether oxygens (including phenoxy) is 1. The van der Waals surface area contributed by atoms with Crippen LogP contribution in [-0.4, -0.2) is 26.2 Å². The lowest BCUT2D eigenvalue weighted by molar-refractivity contribution is -0.144. The van der Waals surface area contributed by atoms with Crippen molar-refractivity contribution in [3.63, 3.8) is 0 Å². The molecule has 16 heavy (non-hydrogen) atoms. The average molecular weight is 227 g/mol. The van der Waals surface area contributed by atoms with Crippen LogP contribution in [0.15, 0.2) is 0 Å². The van der Waals surface area contributed by atoms with E-state index in [-0.39, 0.29) is 11.9 Å². The van der Waals surface area contributed by atoms with E-state index in [9.17, 15) is 4.79 Å². The van der Waals surface area contributed by atoms with Crippen LogP contribution in [-0.2, 0) is 9.53 Å². The van der Waals surface area contributed by atoms with Crippen molar-refractivity contribution in [2.24, 2.45) is 11.8 Å². The molecule has 94 valence electrons. The Morgan fingerprint density at radius 1 is 1.31 bits per heavy atom. The van der Waals surface area contributed by atoms with Crippen molar-refractivity contribution in [2.45, 2.75) is 45.4 Å². The van der Waals surface area contributed by atoms with Gasteiger partial charge in [-0.15, -0.1) is 0 Å². The predicted molar refractivity (Wildman–Crippen MR) is 65.2 cm³/mol. The number of nitrogens with one attached hydrogen (secondary N) is 1. The lowest BCUT2D eigenvalue weighted by Gasteiger charge is -2.16. The molecule has 3 nitrogen and oxygen atoms in total. The SMILES string of the molecule is COC(=O)[C@@H](C)CNCC1CCCCCC1. The van der Waals surface area contributed by atoms with Gasteiger partial charge in [-0.2, -0.15) is 0 Å². The molecule has 0 spiro atoms. The molecule has 1 N–H and O–H groups in total. The lowest BCUT2D eigenvalue weighted by atomic mass is 10.0. The molecule has 0 aromatic heterocycles. The lowest BCUT2D eigenvalue weighted by Crippen LogP contribution is -2.31. The summed E-state index contributed by atoms with van der Waals surface area (Å²) >= 11 is 0. The van der Waals surface area contributed by atoms with E-state index in [4.69, 9.17) is 4.74 Å².